The van der Waals surface area contributed by atoms with Crippen molar-refractivity contribution in [3.05, 3.63) is 0 Å². The topological polar surface area (TPSA) is 63.6 Å². The third kappa shape index (κ3) is 2.97. The van der Waals surface area contributed by atoms with Crippen LogP contribution in [-0.4, -0.2) is 29.1 Å². The Morgan fingerprint density at radius 3 is 2.64 bits per heavy atom. The van der Waals surface area contributed by atoms with Crippen molar-refractivity contribution in [1.82, 2.24) is 0 Å². The second-order valence-electron chi connectivity index (χ2n) is 10.8. The average Bonchev–Trinajstić information content (AvgIpc) is 2.84. The zero-order valence-corrected chi connectivity index (χ0v) is 18.0. The molecule has 0 aromatic rings. The molecule has 3 saturated carbocycles. The maximum Gasteiger partial charge on any atom is 0.306 e. The highest BCUT2D eigenvalue weighted by Crippen LogP contribution is 2.67. The Morgan fingerprint density at radius 1 is 1.11 bits per heavy atom. The van der Waals surface area contributed by atoms with E-state index in [9.17, 15) is 14.7 Å². The zero-order chi connectivity index (χ0) is 20.2. The Labute approximate surface area is 169 Å². The fourth-order valence-electron chi connectivity index (χ4n) is 7.94. The van der Waals surface area contributed by atoms with Crippen molar-refractivity contribution in [1.29, 1.82) is 0 Å². The standard InChI is InChI=1S/C24H38O4/c1-4-5-6-10-24(27)15-16-17-7-8-20(25)23(17,3)11-9-18(16)22(2)12-13-28-21(26)14-19(22)24/h16-19,27H,4-15H2,1-3H3/t16-,17-,18-,19-,22+,23-,24+/m0/s1. The second-order valence-corrected chi connectivity index (χ2v) is 10.8. The van der Waals surface area contributed by atoms with Crippen molar-refractivity contribution in [2.75, 3.05) is 6.61 Å². The second kappa shape index (κ2) is 7.11. The van der Waals surface area contributed by atoms with Crippen molar-refractivity contribution in [3.8, 4) is 0 Å². The van der Waals surface area contributed by atoms with E-state index in [4.69, 9.17) is 4.74 Å². The lowest BCUT2D eigenvalue weighted by atomic mass is 9.43. The lowest BCUT2D eigenvalue weighted by Crippen LogP contribution is -2.61. The number of carbonyl (C=O) groups excluding carboxylic acids is 2. The molecule has 7 atom stereocenters. The maximum atomic E-state index is 12.7. The molecule has 4 nitrogen and oxygen atoms in total. The van der Waals surface area contributed by atoms with Crippen LogP contribution in [-0.2, 0) is 14.3 Å². The van der Waals surface area contributed by atoms with Gasteiger partial charge < -0.3 is 9.84 Å². The molecule has 4 fully saturated rings. The van der Waals surface area contributed by atoms with Crippen LogP contribution >= 0.6 is 0 Å². The van der Waals surface area contributed by atoms with Gasteiger partial charge in [-0.1, -0.05) is 40.0 Å². The number of ketones is 1. The van der Waals surface area contributed by atoms with Crippen LogP contribution in [0.5, 0.6) is 0 Å². The molecule has 4 aliphatic rings. The third-order valence-corrected chi connectivity index (χ3v) is 9.51. The highest BCUT2D eigenvalue weighted by Gasteiger charge is 2.65. The highest BCUT2D eigenvalue weighted by molar-refractivity contribution is 5.87. The number of carbonyl (C=O) groups is 2. The van der Waals surface area contributed by atoms with Gasteiger partial charge in [0.1, 0.15) is 5.78 Å². The quantitative estimate of drug-likeness (QED) is 0.559. The first-order valence-electron chi connectivity index (χ1n) is 11.7. The van der Waals surface area contributed by atoms with Crippen LogP contribution < -0.4 is 0 Å². The van der Waals surface area contributed by atoms with E-state index in [1.54, 1.807) is 0 Å². The van der Waals surface area contributed by atoms with Crippen molar-refractivity contribution in [3.63, 3.8) is 0 Å². The largest absolute Gasteiger partial charge is 0.466 e. The number of hydrogen-bond acceptors (Lipinski definition) is 4. The summed E-state index contributed by atoms with van der Waals surface area (Å²) < 4.78 is 5.48. The SMILES string of the molecule is CCCCC[C@@]1(O)C[C@@H]2[C@H](CC[C@]3(C)C(=O)CC[C@@H]23)[C@@]2(C)CCOC(=O)C[C@H]12. The minimum absolute atomic E-state index is 0.0189. The molecule has 4 rings (SSSR count). The number of fused-ring (bicyclic) bond motifs is 5. The number of aliphatic hydroxyl groups is 1. The van der Waals surface area contributed by atoms with E-state index in [2.05, 4.69) is 20.8 Å². The maximum absolute atomic E-state index is 12.7. The lowest BCUT2D eigenvalue weighted by molar-refractivity contribution is -0.195. The fraction of sp³-hybridized carbons (Fsp3) is 0.917. The number of rotatable bonds is 4. The number of ether oxygens (including phenoxy) is 1. The summed E-state index contributed by atoms with van der Waals surface area (Å²) in [7, 11) is 0. The van der Waals surface area contributed by atoms with E-state index in [-0.39, 0.29) is 22.7 Å². The van der Waals surface area contributed by atoms with Crippen molar-refractivity contribution < 1.29 is 19.4 Å². The summed E-state index contributed by atoms with van der Waals surface area (Å²) in [5.41, 5.74) is -1.08. The third-order valence-electron chi connectivity index (χ3n) is 9.51. The Hall–Kier alpha value is -0.900. The van der Waals surface area contributed by atoms with E-state index in [1.807, 2.05) is 0 Å². The number of esters is 1. The number of unbranched alkanes of at least 4 members (excludes halogenated alkanes) is 2. The Kier molecular flexibility index (Phi) is 5.17. The Bertz CT molecular complexity index is 645. The van der Waals surface area contributed by atoms with Gasteiger partial charge in [-0.15, -0.1) is 0 Å². The van der Waals surface area contributed by atoms with Crippen LogP contribution in [0.2, 0.25) is 0 Å². The molecule has 0 aromatic heterocycles. The van der Waals surface area contributed by atoms with Gasteiger partial charge >= 0.3 is 5.97 Å². The van der Waals surface area contributed by atoms with Gasteiger partial charge in [-0.25, -0.2) is 0 Å². The molecule has 0 spiro atoms. The van der Waals surface area contributed by atoms with Crippen LogP contribution in [0, 0.1) is 34.5 Å². The van der Waals surface area contributed by atoms with E-state index in [0.717, 1.165) is 57.8 Å². The zero-order valence-electron chi connectivity index (χ0n) is 18.0. The van der Waals surface area contributed by atoms with E-state index >= 15 is 0 Å². The minimum atomic E-state index is -0.807. The van der Waals surface area contributed by atoms with E-state index in [1.165, 1.54) is 0 Å². The predicted molar refractivity (Wildman–Crippen MR) is 108 cm³/mol. The van der Waals surface area contributed by atoms with Gasteiger partial charge in [-0.2, -0.15) is 0 Å². The van der Waals surface area contributed by atoms with Crippen molar-refractivity contribution in [2.45, 2.75) is 97.0 Å². The summed E-state index contributed by atoms with van der Waals surface area (Å²) in [6.45, 7) is 7.17. The van der Waals surface area contributed by atoms with Crippen LogP contribution in [0.1, 0.15) is 91.4 Å². The van der Waals surface area contributed by atoms with Gasteiger partial charge in [-0.05, 0) is 61.7 Å². The molecule has 1 saturated heterocycles. The summed E-state index contributed by atoms with van der Waals surface area (Å²) >= 11 is 0. The first-order chi connectivity index (χ1) is 13.2. The Morgan fingerprint density at radius 2 is 1.89 bits per heavy atom. The molecular formula is C24H38O4. The smallest absolute Gasteiger partial charge is 0.306 e. The summed E-state index contributed by atoms with van der Waals surface area (Å²) in [5.74, 6) is 1.56. The normalized spacial score (nSPS) is 48.3. The highest BCUT2D eigenvalue weighted by atomic mass is 16.5. The lowest BCUT2D eigenvalue weighted by Gasteiger charge is -2.62. The summed E-state index contributed by atoms with van der Waals surface area (Å²) in [6.07, 6.45) is 9.70. The van der Waals surface area contributed by atoms with Crippen LogP contribution in [0.4, 0.5) is 0 Å². The molecule has 1 aliphatic heterocycles. The molecule has 1 N–H and O–H groups in total. The molecular weight excluding hydrogens is 352 g/mol. The molecule has 28 heavy (non-hydrogen) atoms. The molecule has 1 heterocycles. The summed E-state index contributed by atoms with van der Waals surface area (Å²) in [6, 6.07) is 0. The van der Waals surface area contributed by atoms with Gasteiger partial charge in [0.25, 0.3) is 0 Å². The first kappa shape index (κ1) is 20.4. The number of Topliss-reactive ketones (excluding diaryl/α,β-unsaturated/α-hetero) is 1. The van der Waals surface area contributed by atoms with Crippen LogP contribution in [0.25, 0.3) is 0 Å². The van der Waals surface area contributed by atoms with Gasteiger partial charge in [0.2, 0.25) is 0 Å². The summed E-state index contributed by atoms with van der Waals surface area (Å²) in [4.78, 5) is 25.1. The molecule has 3 aliphatic carbocycles. The monoisotopic (exact) mass is 390 g/mol. The van der Waals surface area contributed by atoms with Gasteiger partial charge in [0.05, 0.1) is 18.6 Å². The van der Waals surface area contributed by atoms with Crippen LogP contribution in [0.3, 0.4) is 0 Å². The van der Waals surface area contributed by atoms with Crippen LogP contribution in [0.15, 0.2) is 0 Å². The number of cyclic esters (lactones) is 1. The fourth-order valence-corrected chi connectivity index (χ4v) is 7.94. The van der Waals surface area contributed by atoms with Gasteiger partial charge in [0, 0.05) is 17.8 Å². The average molecular weight is 391 g/mol. The van der Waals surface area contributed by atoms with Crippen molar-refractivity contribution >= 4 is 11.8 Å². The molecule has 0 bridgehead atoms. The first-order valence-corrected chi connectivity index (χ1v) is 11.7. The molecule has 0 radical (unpaired) electrons. The predicted octanol–water partition coefficient (Wildman–Crippen LogP) is 4.67. The molecule has 4 heteroatoms. The van der Waals surface area contributed by atoms with E-state index in [0.29, 0.717) is 43.0 Å². The molecule has 0 unspecified atom stereocenters. The molecule has 158 valence electrons. The number of hydrogen-bond donors (Lipinski definition) is 1. The summed E-state index contributed by atoms with van der Waals surface area (Å²) in [5, 5.41) is 12.0. The van der Waals surface area contributed by atoms with E-state index < -0.39 is 5.60 Å². The molecule has 0 amide bonds. The minimum Gasteiger partial charge on any atom is -0.466 e. The van der Waals surface area contributed by atoms with Gasteiger partial charge in [-0.3, -0.25) is 9.59 Å². The Balaban J connectivity index is 1.72. The molecule has 0 aromatic carbocycles. The van der Waals surface area contributed by atoms with Crippen molar-refractivity contribution in [2.24, 2.45) is 34.5 Å². The van der Waals surface area contributed by atoms with Gasteiger partial charge in [0.15, 0.2) is 0 Å².